The van der Waals surface area contributed by atoms with Crippen molar-refractivity contribution in [2.45, 2.75) is 31.3 Å². The number of halogens is 2. The standard InChI is InChI=1S/C20H22ClFN4O4/c1-25(20(6-7-20)11-29-2)18(27)17-13-10-26(8-5-16(13)30-24-17)19(28)23-12-3-4-15(22)14(21)9-12/h3-4,9H,5-8,10-11H2,1-2H3,(H,23,28). The highest BCUT2D eigenvalue weighted by Crippen LogP contribution is 2.42. The fourth-order valence-corrected chi connectivity index (χ4v) is 3.87. The Labute approximate surface area is 177 Å². The van der Waals surface area contributed by atoms with Crippen LogP contribution in [0.25, 0.3) is 0 Å². The SMILES string of the molecule is COCC1(N(C)C(=O)c2noc3c2CN(C(=O)Nc2ccc(F)c(Cl)c2)CC3)CC1. The predicted octanol–water partition coefficient (Wildman–Crippen LogP) is 3.31. The first kappa shape index (κ1) is 20.6. The Bertz CT molecular complexity index is 991. The molecular formula is C20H22ClFN4O4. The van der Waals surface area contributed by atoms with Crippen LogP contribution in [-0.2, 0) is 17.7 Å². The van der Waals surface area contributed by atoms with Crippen LogP contribution >= 0.6 is 11.6 Å². The number of methoxy groups -OCH3 is 1. The molecular weight excluding hydrogens is 415 g/mol. The van der Waals surface area contributed by atoms with E-state index < -0.39 is 5.82 Å². The molecule has 1 N–H and O–H groups in total. The van der Waals surface area contributed by atoms with Gasteiger partial charge < -0.3 is 24.4 Å². The Morgan fingerprint density at radius 3 is 2.87 bits per heavy atom. The zero-order valence-corrected chi connectivity index (χ0v) is 17.5. The largest absolute Gasteiger partial charge is 0.382 e. The van der Waals surface area contributed by atoms with Gasteiger partial charge in [-0.25, -0.2) is 9.18 Å². The van der Waals surface area contributed by atoms with E-state index in [4.69, 9.17) is 20.9 Å². The van der Waals surface area contributed by atoms with Gasteiger partial charge in [0, 0.05) is 38.4 Å². The van der Waals surface area contributed by atoms with Crippen LogP contribution in [0.1, 0.15) is 34.7 Å². The average molecular weight is 437 g/mol. The van der Waals surface area contributed by atoms with E-state index in [2.05, 4.69) is 10.5 Å². The molecule has 1 saturated carbocycles. The molecule has 0 spiro atoms. The van der Waals surface area contributed by atoms with Crippen LogP contribution in [-0.4, -0.2) is 59.7 Å². The summed E-state index contributed by atoms with van der Waals surface area (Å²) in [4.78, 5) is 28.9. The summed E-state index contributed by atoms with van der Waals surface area (Å²) in [6.07, 6.45) is 2.19. The number of carbonyl (C=O) groups excluding carboxylic acids is 2. The maximum Gasteiger partial charge on any atom is 0.322 e. The third-order valence-electron chi connectivity index (χ3n) is 5.74. The van der Waals surface area contributed by atoms with Gasteiger partial charge in [-0.15, -0.1) is 0 Å². The summed E-state index contributed by atoms with van der Waals surface area (Å²) >= 11 is 5.77. The summed E-state index contributed by atoms with van der Waals surface area (Å²) < 4.78 is 24.0. The van der Waals surface area contributed by atoms with Gasteiger partial charge in [0.05, 0.1) is 23.7 Å². The van der Waals surface area contributed by atoms with Crippen molar-refractivity contribution in [3.8, 4) is 0 Å². The number of likely N-dealkylation sites (N-methyl/N-ethyl adjacent to an activating group) is 1. The third kappa shape index (κ3) is 3.75. The molecule has 10 heteroatoms. The predicted molar refractivity (Wildman–Crippen MR) is 107 cm³/mol. The van der Waals surface area contributed by atoms with Gasteiger partial charge in [0.25, 0.3) is 5.91 Å². The summed E-state index contributed by atoms with van der Waals surface area (Å²) in [6, 6.07) is 3.59. The van der Waals surface area contributed by atoms with Gasteiger partial charge in [-0.05, 0) is 31.0 Å². The Kier molecular flexibility index (Phi) is 5.42. The lowest BCUT2D eigenvalue weighted by atomic mass is 10.0. The van der Waals surface area contributed by atoms with E-state index in [1.165, 1.54) is 18.2 Å². The van der Waals surface area contributed by atoms with E-state index in [1.807, 2.05) is 0 Å². The molecule has 0 saturated heterocycles. The number of nitrogens with zero attached hydrogens (tertiary/aromatic N) is 3. The molecule has 3 amide bonds. The number of anilines is 1. The molecule has 4 rings (SSSR count). The zero-order valence-electron chi connectivity index (χ0n) is 16.7. The van der Waals surface area contributed by atoms with Gasteiger partial charge in [-0.3, -0.25) is 4.79 Å². The van der Waals surface area contributed by atoms with Gasteiger partial charge in [0.1, 0.15) is 11.6 Å². The van der Waals surface area contributed by atoms with Crippen molar-refractivity contribution in [3.63, 3.8) is 0 Å². The number of ether oxygens (including phenoxy) is 1. The zero-order chi connectivity index (χ0) is 21.5. The molecule has 0 radical (unpaired) electrons. The van der Waals surface area contributed by atoms with E-state index in [-0.39, 0.29) is 34.7 Å². The van der Waals surface area contributed by atoms with Crippen molar-refractivity contribution in [2.75, 3.05) is 32.6 Å². The van der Waals surface area contributed by atoms with Gasteiger partial charge in [0.15, 0.2) is 5.69 Å². The second-order valence-electron chi connectivity index (χ2n) is 7.69. The number of rotatable bonds is 5. The minimum Gasteiger partial charge on any atom is -0.382 e. The lowest BCUT2D eigenvalue weighted by Crippen LogP contribution is -2.43. The lowest BCUT2D eigenvalue weighted by molar-refractivity contribution is 0.0540. The quantitative estimate of drug-likeness (QED) is 0.776. The first-order chi connectivity index (χ1) is 14.3. The number of urea groups is 1. The summed E-state index contributed by atoms with van der Waals surface area (Å²) in [5, 5.41) is 6.62. The van der Waals surface area contributed by atoms with E-state index in [9.17, 15) is 14.0 Å². The minimum absolute atomic E-state index is 0.0752. The first-order valence-corrected chi connectivity index (χ1v) is 9.98. The Morgan fingerprint density at radius 2 is 2.20 bits per heavy atom. The number of nitrogens with one attached hydrogen (secondary N) is 1. The molecule has 0 unspecified atom stereocenters. The molecule has 2 heterocycles. The Morgan fingerprint density at radius 1 is 1.43 bits per heavy atom. The van der Waals surface area contributed by atoms with Crippen LogP contribution in [0.5, 0.6) is 0 Å². The Hall–Kier alpha value is -2.65. The van der Waals surface area contributed by atoms with Crippen LogP contribution in [0.3, 0.4) is 0 Å². The molecule has 2 aliphatic rings. The van der Waals surface area contributed by atoms with E-state index in [0.29, 0.717) is 36.6 Å². The fourth-order valence-electron chi connectivity index (χ4n) is 3.69. The second-order valence-corrected chi connectivity index (χ2v) is 8.09. The van der Waals surface area contributed by atoms with Crippen LogP contribution in [0.15, 0.2) is 22.7 Å². The summed E-state index contributed by atoms with van der Waals surface area (Å²) in [7, 11) is 3.35. The molecule has 1 fully saturated rings. The molecule has 1 aromatic carbocycles. The van der Waals surface area contributed by atoms with E-state index in [1.54, 1.807) is 24.0 Å². The number of carbonyl (C=O) groups is 2. The van der Waals surface area contributed by atoms with Gasteiger partial charge in [-0.2, -0.15) is 0 Å². The first-order valence-electron chi connectivity index (χ1n) is 9.60. The molecule has 1 aliphatic heterocycles. The van der Waals surface area contributed by atoms with Crippen LogP contribution in [0, 0.1) is 5.82 Å². The maximum absolute atomic E-state index is 13.3. The molecule has 8 nitrogen and oxygen atoms in total. The number of hydrogen-bond donors (Lipinski definition) is 1. The average Bonchev–Trinajstić information content (AvgIpc) is 3.39. The molecule has 0 atom stereocenters. The maximum atomic E-state index is 13.3. The van der Waals surface area contributed by atoms with Gasteiger partial charge in [-0.1, -0.05) is 16.8 Å². The number of hydrogen-bond acceptors (Lipinski definition) is 5. The monoisotopic (exact) mass is 436 g/mol. The highest BCUT2D eigenvalue weighted by molar-refractivity contribution is 6.31. The van der Waals surface area contributed by atoms with E-state index >= 15 is 0 Å². The van der Waals surface area contributed by atoms with E-state index in [0.717, 1.165) is 12.8 Å². The third-order valence-corrected chi connectivity index (χ3v) is 6.03. The molecule has 1 aromatic heterocycles. The summed E-state index contributed by atoms with van der Waals surface area (Å²) in [6.45, 7) is 1.05. The number of fused-ring (bicyclic) bond motifs is 1. The number of benzene rings is 1. The molecule has 160 valence electrons. The lowest BCUT2D eigenvalue weighted by Gasteiger charge is -2.29. The topological polar surface area (TPSA) is 87.9 Å². The van der Waals surface area contributed by atoms with Crippen molar-refractivity contribution < 1.29 is 23.2 Å². The molecule has 30 heavy (non-hydrogen) atoms. The van der Waals surface area contributed by atoms with Crippen molar-refractivity contribution in [3.05, 3.63) is 46.1 Å². The highest BCUT2D eigenvalue weighted by atomic mass is 35.5. The molecule has 0 bridgehead atoms. The molecule has 2 aromatic rings. The minimum atomic E-state index is -0.559. The van der Waals surface area contributed by atoms with Crippen molar-refractivity contribution in [1.82, 2.24) is 15.0 Å². The Balaban J connectivity index is 1.48. The van der Waals surface area contributed by atoms with Crippen LogP contribution in [0.4, 0.5) is 14.9 Å². The molecule has 1 aliphatic carbocycles. The number of aromatic nitrogens is 1. The number of amides is 3. The normalized spacial score (nSPS) is 16.7. The summed E-state index contributed by atoms with van der Waals surface area (Å²) in [5.74, 6) is -0.199. The fraction of sp³-hybridized carbons (Fsp3) is 0.450. The smallest absolute Gasteiger partial charge is 0.322 e. The van der Waals surface area contributed by atoms with Crippen LogP contribution in [0.2, 0.25) is 5.02 Å². The van der Waals surface area contributed by atoms with Gasteiger partial charge in [0.2, 0.25) is 0 Å². The second kappa shape index (κ2) is 7.88. The summed E-state index contributed by atoms with van der Waals surface area (Å²) in [5.41, 5.74) is 0.912. The van der Waals surface area contributed by atoms with Crippen molar-refractivity contribution in [1.29, 1.82) is 0 Å². The van der Waals surface area contributed by atoms with Crippen LogP contribution < -0.4 is 5.32 Å². The van der Waals surface area contributed by atoms with Crippen molar-refractivity contribution >= 4 is 29.2 Å². The van der Waals surface area contributed by atoms with Gasteiger partial charge >= 0.3 is 6.03 Å². The van der Waals surface area contributed by atoms with Crippen molar-refractivity contribution in [2.24, 2.45) is 0 Å². The highest BCUT2D eigenvalue weighted by Gasteiger charge is 2.49.